The number of piperazine rings is 1. The van der Waals surface area contributed by atoms with Crippen LogP contribution in [-0.4, -0.2) is 108 Å². The molecule has 0 radical (unpaired) electrons. The van der Waals surface area contributed by atoms with Crippen LogP contribution in [0.1, 0.15) is 56.6 Å². The quantitative estimate of drug-likeness (QED) is 0.657. The Hall–Kier alpha value is -2.16. The van der Waals surface area contributed by atoms with Gasteiger partial charge in [0.15, 0.2) is 0 Å². The van der Waals surface area contributed by atoms with Crippen LogP contribution in [0.5, 0.6) is 0 Å². The van der Waals surface area contributed by atoms with Gasteiger partial charge in [-0.25, -0.2) is 4.79 Å². The van der Waals surface area contributed by atoms with Crippen molar-refractivity contribution in [3.05, 3.63) is 35.9 Å². The van der Waals surface area contributed by atoms with E-state index in [0.717, 1.165) is 71.4 Å². The van der Waals surface area contributed by atoms with Crippen LogP contribution in [0, 0.1) is 0 Å². The summed E-state index contributed by atoms with van der Waals surface area (Å²) in [5.74, 6) is 0.180. The number of piperidine rings is 1. The zero-order chi connectivity index (χ0) is 24.7. The van der Waals surface area contributed by atoms with E-state index in [1.165, 1.54) is 18.4 Å². The summed E-state index contributed by atoms with van der Waals surface area (Å²) in [6.07, 6.45) is 7.65. The van der Waals surface area contributed by atoms with Crippen LogP contribution < -0.4 is 5.32 Å². The molecular weight excluding hydrogens is 454 g/mol. The third kappa shape index (κ3) is 5.00. The molecule has 3 atom stereocenters. The average molecular weight is 496 g/mol. The Morgan fingerprint density at radius 1 is 1.03 bits per heavy atom. The molecule has 5 fully saturated rings. The summed E-state index contributed by atoms with van der Waals surface area (Å²) in [6, 6.07) is 11.9. The van der Waals surface area contributed by atoms with Gasteiger partial charge in [-0.1, -0.05) is 30.3 Å². The smallest absolute Gasteiger partial charge is 0.317 e. The minimum atomic E-state index is -0.159. The highest BCUT2D eigenvalue weighted by molar-refractivity contribution is 5.79. The topological polar surface area (TPSA) is 68.4 Å². The number of urea groups is 1. The summed E-state index contributed by atoms with van der Waals surface area (Å²) in [5, 5.41) is 3.37. The summed E-state index contributed by atoms with van der Waals surface area (Å²) < 4.78 is 6.29. The van der Waals surface area contributed by atoms with Crippen LogP contribution in [0.4, 0.5) is 4.79 Å². The van der Waals surface area contributed by atoms with E-state index in [1.807, 2.05) is 11.0 Å². The summed E-state index contributed by atoms with van der Waals surface area (Å²) >= 11 is 0. The van der Waals surface area contributed by atoms with E-state index in [9.17, 15) is 9.59 Å². The lowest BCUT2D eigenvalue weighted by atomic mass is 9.84. The SMILES string of the molecule is CN1CCN(C(=O)N[C@@H](CCN2[C@H]3CC[C@H]2CC2(C3)CN(C3CC3)C(=O)CO2)c2ccccc2)CC1. The Balaban J connectivity index is 1.10. The molecule has 1 aliphatic carbocycles. The second kappa shape index (κ2) is 9.95. The van der Waals surface area contributed by atoms with Crippen LogP contribution in [0.2, 0.25) is 0 Å². The average Bonchev–Trinajstić information content (AvgIpc) is 3.70. The van der Waals surface area contributed by atoms with Gasteiger partial charge in [0, 0.05) is 50.8 Å². The van der Waals surface area contributed by atoms with Gasteiger partial charge < -0.3 is 24.8 Å². The Kier molecular flexibility index (Phi) is 6.69. The monoisotopic (exact) mass is 495 g/mol. The minimum absolute atomic E-state index is 0.00236. The number of morpholine rings is 1. The molecule has 0 aromatic heterocycles. The second-order valence-corrected chi connectivity index (χ2v) is 11.7. The van der Waals surface area contributed by atoms with Gasteiger partial charge in [0.2, 0.25) is 5.91 Å². The Morgan fingerprint density at radius 2 is 1.69 bits per heavy atom. The molecule has 1 saturated carbocycles. The molecule has 3 amide bonds. The number of likely N-dealkylation sites (N-methyl/N-ethyl adjacent to an activating group) is 1. The summed E-state index contributed by atoms with van der Waals surface area (Å²) in [7, 11) is 2.11. The van der Waals surface area contributed by atoms with Crippen molar-refractivity contribution in [3.63, 3.8) is 0 Å². The van der Waals surface area contributed by atoms with Crippen molar-refractivity contribution in [2.24, 2.45) is 0 Å². The standard InChI is InChI=1S/C28H41N5O3/c1-30-13-15-31(16-14-30)27(35)29-25(21-5-3-2-4-6-21)11-12-32-23-9-10-24(32)18-28(17-23)20-33(22-7-8-22)26(34)19-36-28/h2-6,22-25H,7-20H2,1H3,(H,29,35)/t23-,24-,25-/m0/s1. The predicted octanol–water partition coefficient (Wildman–Crippen LogP) is 2.46. The number of benzene rings is 1. The van der Waals surface area contributed by atoms with Crippen molar-refractivity contribution >= 4 is 11.9 Å². The van der Waals surface area contributed by atoms with Gasteiger partial charge in [0.1, 0.15) is 6.61 Å². The first-order chi connectivity index (χ1) is 17.5. The van der Waals surface area contributed by atoms with E-state index < -0.39 is 0 Å². The number of rotatable bonds is 6. The molecule has 1 aromatic rings. The second-order valence-electron chi connectivity index (χ2n) is 11.7. The maximum absolute atomic E-state index is 13.1. The highest BCUT2D eigenvalue weighted by Crippen LogP contribution is 2.45. The van der Waals surface area contributed by atoms with E-state index in [1.54, 1.807) is 0 Å². The molecule has 5 aliphatic rings. The van der Waals surface area contributed by atoms with Crippen molar-refractivity contribution in [2.45, 2.75) is 74.7 Å². The Labute approximate surface area is 214 Å². The molecule has 4 saturated heterocycles. The zero-order valence-corrected chi connectivity index (χ0v) is 21.6. The van der Waals surface area contributed by atoms with Crippen molar-refractivity contribution in [3.8, 4) is 0 Å². The van der Waals surface area contributed by atoms with Crippen LogP contribution in [0.3, 0.4) is 0 Å². The maximum Gasteiger partial charge on any atom is 0.317 e. The fraction of sp³-hybridized carbons (Fsp3) is 0.714. The number of nitrogens with zero attached hydrogens (tertiary/aromatic N) is 4. The zero-order valence-electron chi connectivity index (χ0n) is 21.6. The number of nitrogens with one attached hydrogen (secondary N) is 1. The van der Waals surface area contributed by atoms with E-state index in [4.69, 9.17) is 4.74 Å². The first kappa shape index (κ1) is 24.2. The number of amides is 3. The molecule has 0 unspecified atom stereocenters. The molecule has 6 rings (SSSR count). The molecule has 196 valence electrons. The van der Waals surface area contributed by atoms with E-state index >= 15 is 0 Å². The largest absolute Gasteiger partial charge is 0.363 e. The summed E-state index contributed by atoms with van der Waals surface area (Å²) in [4.78, 5) is 34.6. The highest BCUT2D eigenvalue weighted by Gasteiger charge is 2.53. The van der Waals surface area contributed by atoms with Crippen molar-refractivity contribution in [1.29, 1.82) is 0 Å². The Morgan fingerprint density at radius 3 is 2.36 bits per heavy atom. The third-order valence-corrected chi connectivity index (χ3v) is 9.22. The molecule has 8 nitrogen and oxygen atoms in total. The summed E-state index contributed by atoms with van der Waals surface area (Å²) in [5.41, 5.74) is 1.02. The van der Waals surface area contributed by atoms with Crippen LogP contribution in [0.25, 0.3) is 0 Å². The van der Waals surface area contributed by atoms with Crippen LogP contribution in [-0.2, 0) is 9.53 Å². The lowest BCUT2D eigenvalue weighted by Crippen LogP contribution is -2.62. The fourth-order valence-corrected chi connectivity index (χ4v) is 7.00. The lowest BCUT2D eigenvalue weighted by Gasteiger charge is -2.50. The molecule has 8 heteroatoms. The number of ether oxygens (including phenoxy) is 1. The van der Waals surface area contributed by atoms with Crippen LogP contribution in [0.15, 0.2) is 30.3 Å². The van der Waals surface area contributed by atoms with Crippen molar-refractivity contribution < 1.29 is 14.3 Å². The summed E-state index contributed by atoms with van der Waals surface area (Å²) in [6.45, 7) is 5.42. The van der Waals surface area contributed by atoms with Gasteiger partial charge in [0.05, 0.1) is 18.2 Å². The normalized spacial score (nSPS) is 32.2. The number of fused-ring (bicyclic) bond motifs is 2. The minimum Gasteiger partial charge on any atom is -0.363 e. The number of carbonyl (C=O) groups is 2. The first-order valence-electron chi connectivity index (χ1n) is 14.0. The van der Waals surface area contributed by atoms with Crippen molar-refractivity contribution in [2.75, 3.05) is 52.9 Å². The van der Waals surface area contributed by atoms with Gasteiger partial charge in [-0.05, 0) is 57.6 Å². The molecular formula is C28H41N5O3. The number of carbonyl (C=O) groups excluding carboxylic acids is 2. The molecule has 1 aromatic carbocycles. The van der Waals surface area contributed by atoms with Gasteiger partial charge in [-0.15, -0.1) is 0 Å². The van der Waals surface area contributed by atoms with Gasteiger partial charge in [0.25, 0.3) is 0 Å². The maximum atomic E-state index is 13.1. The van der Waals surface area contributed by atoms with Gasteiger partial charge in [-0.3, -0.25) is 9.69 Å². The molecule has 4 heterocycles. The molecule has 4 aliphatic heterocycles. The molecule has 2 bridgehead atoms. The molecule has 36 heavy (non-hydrogen) atoms. The Bertz CT molecular complexity index is 932. The fourth-order valence-electron chi connectivity index (χ4n) is 7.00. The molecule has 1 N–H and O–H groups in total. The third-order valence-electron chi connectivity index (χ3n) is 9.22. The van der Waals surface area contributed by atoms with E-state index in [2.05, 4.69) is 51.3 Å². The molecule has 1 spiro atoms. The van der Waals surface area contributed by atoms with Gasteiger partial charge >= 0.3 is 6.03 Å². The number of hydrogen-bond donors (Lipinski definition) is 1. The van der Waals surface area contributed by atoms with E-state index in [0.29, 0.717) is 18.1 Å². The number of hydrogen-bond acceptors (Lipinski definition) is 5. The lowest BCUT2D eigenvalue weighted by molar-refractivity contribution is -0.177. The van der Waals surface area contributed by atoms with Crippen LogP contribution >= 0.6 is 0 Å². The van der Waals surface area contributed by atoms with Gasteiger partial charge in [-0.2, -0.15) is 0 Å². The highest BCUT2D eigenvalue weighted by atomic mass is 16.5. The predicted molar refractivity (Wildman–Crippen MR) is 138 cm³/mol. The van der Waals surface area contributed by atoms with Crippen molar-refractivity contribution in [1.82, 2.24) is 24.9 Å². The first-order valence-corrected chi connectivity index (χ1v) is 14.0. The van der Waals surface area contributed by atoms with E-state index in [-0.39, 0.29) is 30.2 Å².